The minimum absolute atomic E-state index is 0.0643. The average molecular weight is 644 g/mol. The van der Waals surface area contributed by atoms with Crippen LogP contribution in [0.5, 0.6) is 0 Å². The van der Waals surface area contributed by atoms with Crippen LogP contribution in [-0.2, 0) is 10.8 Å². The predicted octanol–water partition coefficient (Wildman–Crippen LogP) is 13.3. The molecule has 50 heavy (non-hydrogen) atoms. The maximum atomic E-state index is 6.74. The van der Waals surface area contributed by atoms with E-state index in [4.69, 9.17) is 4.42 Å². The van der Waals surface area contributed by atoms with Crippen LogP contribution in [0.2, 0.25) is 0 Å². The van der Waals surface area contributed by atoms with E-state index >= 15 is 0 Å². The van der Waals surface area contributed by atoms with Gasteiger partial charge in [-0.15, -0.1) is 0 Å². The van der Waals surface area contributed by atoms with Gasteiger partial charge in [0.25, 0.3) is 0 Å². The van der Waals surface area contributed by atoms with E-state index in [2.05, 4.69) is 184 Å². The summed E-state index contributed by atoms with van der Waals surface area (Å²) in [4.78, 5) is 2.39. The first-order chi connectivity index (χ1) is 24.3. The molecule has 2 aliphatic carbocycles. The van der Waals surface area contributed by atoms with E-state index in [1.165, 1.54) is 61.0 Å². The third kappa shape index (κ3) is 4.02. The second-order valence-corrected chi connectivity index (χ2v) is 15.0. The van der Waals surface area contributed by atoms with Gasteiger partial charge in [0.05, 0.1) is 0 Å². The SMILES string of the molecule is CC1(C)c2ccccc2-c2ccc(N(c3cccc(-c4ccccc4)c3)c3ccc4c(c3)oc3ccc5c(c34)-c3ccccc3C5(C)C)cc21. The quantitative estimate of drug-likeness (QED) is 0.190. The summed E-state index contributed by atoms with van der Waals surface area (Å²) in [6, 6.07) is 55.4. The molecule has 0 bridgehead atoms. The van der Waals surface area contributed by atoms with Gasteiger partial charge in [0.1, 0.15) is 11.2 Å². The van der Waals surface area contributed by atoms with Gasteiger partial charge in [0.2, 0.25) is 0 Å². The molecule has 0 atom stereocenters. The number of furan rings is 1. The summed E-state index contributed by atoms with van der Waals surface area (Å²) in [6.45, 7) is 9.36. The van der Waals surface area contributed by atoms with Gasteiger partial charge in [-0.2, -0.15) is 0 Å². The highest BCUT2D eigenvalue weighted by Crippen LogP contribution is 2.54. The molecule has 7 aromatic carbocycles. The van der Waals surface area contributed by atoms with Gasteiger partial charge in [0, 0.05) is 44.7 Å². The van der Waals surface area contributed by atoms with Crippen LogP contribution in [0.1, 0.15) is 49.9 Å². The molecule has 0 aliphatic heterocycles. The van der Waals surface area contributed by atoms with Crippen molar-refractivity contribution in [2.45, 2.75) is 38.5 Å². The van der Waals surface area contributed by atoms with Crippen LogP contribution in [0.25, 0.3) is 55.3 Å². The van der Waals surface area contributed by atoms with E-state index in [0.717, 1.165) is 33.6 Å². The normalized spacial score (nSPS) is 14.7. The predicted molar refractivity (Wildman–Crippen MR) is 209 cm³/mol. The molecule has 0 fully saturated rings. The third-order valence-electron chi connectivity index (χ3n) is 11.5. The second-order valence-electron chi connectivity index (χ2n) is 15.0. The lowest BCUT2D eigenvalue weighted by Crippen LogP contribution is -2.16. The molecule has 10 rings (SSSR count). The van der Waals surface area contributed by atoms with Crippen molar-refractivity contribution in [3.8, 4) is 33.4 Å². The summed E-state index contributed by atoms with van der Waals surface area (Å²) in [5, 5.41) is 2.35. The van der Waals surface area contributed by atoms with Gasteiger partial charge in [-0.3, -0.25) is 0 Å². The fourth-order valence-electron chi connectivity index (χ4n) is 8.92. The molecule has 0 radical (unpaired) electrons. The van der Waals surface area contributed by atoms with Crippen molar-refractivity contribution in [3.05, 3.63) is 174 Å². The van der Waals surface area contributed by atoms with Crippen LogP contribution in [0.3, 0.4) is 0 Å². The molecule has 0 saturated carbocycles. The monoisotopic (exact) mass is 643 g/mol. The lowest BCUT2D eigenvalue weighted by molar-refractivity contribution is 0.656. The molecule has 1 heterocycles. The van der Waals surface area contributed by atoms with Gasteiger partial charge < -0.3 is 9.32 Å². The summed E-state index contributed by atoms with van der Waals surface area (Å²) in [7, 11) is 0. The van der Waals surface area contributed by atoms with Crippen LogP contribution in [0.4, 0.5) is 17.1 Å². The molecule has 1 aromatic heterocycles. The van der Waals surface area contributed by atoms with Crippen molar-refractivity contribution in [2.24, 2.45) is 0 Å². The first-order valence-corrected chi connectivity index (χ1v) is 17.6. The number of hydrogen-bond acceptors (Lipinski definition) is 2. The lowest BCUT2D eigenvalue weighted by atomic mass is 9.82. The first kappa shape index (κ1) is 29.1. The number of benzene rings is 7. The number of rotatable bonds is 4. The van der Waals surface area contributed by atoms with E-state index in [9.17, 15) is 0 Å². The topological polar surface area (TPSA) is 16.4 Å². The summed E-state index contributed by atoms with van der Waals surface area (Å²) >= 11 is 0. The Morgan fingerprint density at radius 2 is 1.04 bits per heavy atom. The van der Waals surface area contributed by atoms with Gasteiger partial charge >= 0.3 is 0 Å². The molecule has 0 saturated heterocycles. The molecule has 2 nitrogen and oxygen atoms in total. The Hall–Kier alpha value is -5.86. The Bertz CT molecular complexity index is 2660. The Kier molecular flexibility index (Phi) is 6.01. The van der Waals surface area contributed by atoms with Crippen LogP contribution in [0, 0.1) is 0 Å². The fourth-order valence-corrected chi connectivity index (χ4v) is 8.92. The molecule has 0 spiro atoms. The average Bonchev–Trinajstić information content (AvgIpc) is 3.71. The minimum atomic E-state index is -0.105. The van der Waals surface area contributed by atoms with Gasteiger partial charge in [-0.05, 0) is 98.1 Å². The van der Waals surface area contributed by atoms with Gasteiger partial charge in [-0.25, -0.2) is 0 Å². The van der Waals surface area contributed by atoms with Gasteiger partial charge in [0.15, 0.2) is 0 Å². The second kappa shape index (κ2) is 10.3. The minimum Gasteiger partial charge on any atom is -0.456 e. The largest absolute Gasteiger partial charge is 0.456 e. The zero-order valence-electron chi connectivity index (χ0n) is 28.8. The molecule has 0 unspecified atom stereocenters. The number of fused-ring (bicyclic) bond motifs is 10. The summed E-state index contributed by atoms with van der Waals surface area (Å²) < 4.78 is 6.74. The first-order valence-electron chi connectivity index (χ1n) is 17.6. The summed E-state index contributed by atoms with van der Waals surface area (Å²) in [5.74, 6) is 0. The molecular formula is C48H37NO. The van der Waals surface area contributed by atoms with Crippen molar-refractivity contribution in [3.63, 3.8) is 0 Å². The van der Waals surface area contributed by atoms with Crippen molar-refractivity contribution in [1.82, 2.24) is 0 Å². The van der Waals surface area contributed by atoms with Crippen molar-refractivity contribution < 1.29 is 4.42 Å². The van der Waals surface area contributed by atoms with E-state index in [1.54, 1.807) is 0 Å². The Balaban J connectivity index is 1.18. The maximum Gasteiger partial charge on any atom is 0.137 e. The highest BCUT2D eigenvalue weighted by Gasteiger charge is 2.38. The third-order valence-corrected chi connectivity index (χ3v) is 11.5. The van der Waals surface area contributed by atoms with E-state index < -0.39 is 0 Å². The number of anilines is 3. The van der Waals surface area contributed by atoms with Crippen LogP contribution in [-0.4, -0.2) is 0 Å². The van der Waals surface area contributed by atoms with E-state index in [0.29, 0.717) is 0 Å². The summed E-state index contributed by atoms with van der Waals surface area (Å²) in [6.07, 6.45) is 0. The number of nitrogens with zero attached hydrogens (tertiary/aromatic N) is 1. The van der Waals surface area contributed by atoms with E-state index in [-0.39, 0.29) is 10.8 Å². The smallest absolute Gasteiger partial charge is 0.137 e. The standard InChI is InChI=1S/C48H37NO/c1-47(2)40-20-11-9-18-37(40)45-41(47)25-26-43-46(45)38-24-22-34(29-44(38)50-43)49(32-16-12-15-31(27-32)30-13-6-5-7-14-30)33-21-23-36-35-17-8-10-19-39(35)48(3,4)42(36)28-33/h5-29H,1-4H3. The highest BCUT2D eigenvalue weighted by atomic mass is 16.3. The molecule has 240 valence electrons. The molecule has 8 aromatic rings. The van der Waals surface area contributed by atoms with Crippen molar-refractivity contribution in [2.75, 3.05) is 4.90 Å². The summed E-state index contributed by atoms with van der Waals surface area (Å²) in [5.41, 5.74) is 18.1. The molecule has 2 aliphatic rings. The van der Waals surface area contributed by atoms with Gasteiger partial charge in [-0.1, -0.05) is 131 Å². The maximum absolute atomic E-state index is 6.74. The van der Waals surface area contributed by atoms with E-state index in [1.807, 2.05) is 0 Å². The van der Waals surface area contributed by atoms with Crippen molar-refractivity contribution >= 4 is 39.0 Å². The van der Waals surface area contributed by atoms with Crippen LogP contribution >= 0.6 is 0 Å². The zero-order valence-corrected chi connectivity index (χ0v) is 28.8. The van der Waals surface area contributed by atoms with Crippen LogP contribution < -0.4 is 4.90 Å². The van der Waals surface area contributed by atoms with Crippen molar-refractivity contribution in [1.29, 1.82) is 0 Å². The molecule has 2 heteroatoms. The number of hydrogen-bond donors (Lipinski definition) is 0. The molecular weight excluding hydrogens is 607 g/mol. The Morgan fingerprint density at radius 3 is 1.86 bits per heavy atom. The Morgan fingerprint density at radius 1 is 0.420 bits per heavy atom. The zero-order chi connectivity index (χ0) is 33.8. The molecule has 0 amide bonds. The Labute approximate surface area is 293 Å². The lowest BCUT2D eigenvalue weighted by Gasteiger charge is -2.28. The highest BCUT2D eigenvalue weighted by molar-refractivity contribution is 6.15. The van der Waals surface area contributed by atoms with Crippen LogP contribution in [0.15, 0.2) is 156 Å². The molecule has 0 N–H and O–H groups in total. The fraction of sp³-hybridized carbons (Fsp3) is 0.125.